The van der Waals surface area contributed by atoms with Crippen LogP contribution in [0.1, 0.15) is 21.5 Å². The summed E-state index contributed by atoms with van der Waals surface area (Å²) in [6.45, 7) is 0. The van der Waals surface area contributed by atoms with Gasteiger partial charge in [-0.2, -0.15) is 35.1 Å². The molecule has 3 aromatic carbocycles. The highest BCUT2D eigenvalue weighted by molar-refractivity contribution is 6.08. The molecule has 1 heterocycles. The van der Waals surface area contributed by atoms with Crippen molar-refractivity contribution < 1.29 is 67.7 Å². The average Bonchev–Trinajstić information content (AvgIpc) is 3.07. The van der Waals surface area contributed by atoms with Crippen LogP contribution in [0.3, 0.4) is 0 Å². The van der Waals surface area contributed by atoms with Crippen LogP contribution in [0.15, 0.2) is 54.6 Å². The van der Waals surface area contributed by atoms with Gasteiger partial charge in [0, 0.05) is 17.3 Å². The lowest BCUT2D eigenvalue weighted by Crippen LogP contribution is -2.43. The second kappa shape index (κ2) is 10.3. The van der Waals surface area contributed by atoms with Crippen molar-refractivity contribution in [2.75, 3.05) is 12.4 Å². The van der Waals surface area contributed by atoms with Crippen LogP contribution < -0.4 is 24.8 Å². The maximum atomic E-state index is 14.8. The van der Waals surface area contributed by atoms with Crippen molar-refractivity contribution in [3.63, 3.8) is 0 Å². The van der Waals surface area contributed by atoms with E-state index in [2.05, 4.69) is 9.47 Å². The third-order valence-corrected chi connectivity index (χ3v) is 5.73. The lowest BCUT2D eigenvalue weighted by molar-refractivity contribution is -0.316. The number of fused-ring (bicyclic) bond motifs is 1. The van der Waals surface area contributed by atoms with E-state index < -0.39 is 81.6 Å². The normalized spacial score (nSPS) is 15.3. The Morgan fingerprint density at radius 3 is 2.14 bits per heavy atom. The summed E-state index contributed by atoms with van der Waals surface area (Å²) in [5.41, 5.74) is -4.94. The van der Waals surface area contributed by atoms with Crippen LogP contribution in [0.4, 0.5) is 54.4 Å². The van der Waals surface area contributed by atoms with Crippen molar-refractivity contribution in [2.24, 2.45) is 0 Å². The minimum absolute atomic E-state index is 0.172. The van der Waals surface area contributed by atoms with E-state index in [1.807, 2.05) is 5.32 Å². The molecule has 3 amide bonds. The van der Waals surface area contributed by atoms with Gasteiger partial charge >= 0.3 is 30.1 Å². The van der Waals surface area contributed by atoms with E-state index in [4.69, 9.17) is 4.74 Å². The molecular weight excluding hydrogens is 598 g/mol. The number of rotatable bonds is 7. The number of carbonyl (C=O) groups excluding carboxylic acids is 2. The van der Waals surface area contributed by atoms with E-state index in [9.17, 15) is 53.5 Å². The molecule has 0 saturated carbocycles. The lowest BCUT2D eigenvalue weighted by atomic mass is 10.0. The molecule has 0 saturated heterocycles. The predicted molar refractivity (Wildman–Crippen MR) is 121 cm³/mol. The molecule has 0 bridgehead atoms. The van der Waals surface area contributed by atoms with Crippen molar-refractivity contribution in [2.45, 2.75) is 24.1 Å². The van der Waals surface area contributed by atoms with E-state index in [1.54, 1.807) is 5.32 Å². The molecule has 0 radical (unpaired) electrons. The number of imide groups is 1. The average molecular weight is 612 g/mol. The van der Waals surface area contributed by atoms with Crippen molar-refractivity contribution in [3.8, 4) is 17.2 Å². The first-order chi connectivity index (χ1) is 19.4. The summed E-state index contributed by atoms with van der Waals surface area (Å²) in [7, 11) is 0.884. The zero-order chi connectivity index (χ0) is 31.3. The van der Waals surface area contributed by atoms with Gasteiger partial charge in [0.1, 0.15) is 22.9 Å². The fourth-order valence-electron chi connectivity index (χ4n) is 3.66. The third kappa shape index (κ3) is 5.21. The fourth-order valence-corrected chi connectivity index (χ4v) is 3.66. The Hall–Kier alpha value is -4.70. The predicted octanol–water partition coefficient (Wildman–Crippen LogP) is 6.78. The highest BCUT2D eigenvalue weighted by Gasteiger charge is 2.68. The second-order valence-corrected chi connectivity index (χ2v) is 8.47. The molecule has 0 spiro atoms. The number of ether oxygens (including phenoxy) is 3. The summed E-state index contributed by atoms with van der Waals surface area (Å²) in [6.07, 6.45) is -10.6. The smallest absolute Gasteiger partial charge is 0.469 e. The minimum atomic E-state index is -5.49. The van der Waals surface area contributed by atoms with Crippen LogP contribution in [0.5, 0.6) is 17.2 Å². The van der Waals surface area contributed by atoms with Gasteiger partial charge in [-0.1, -0.05) is 6.07 Å². The summed E-state index contributed by atoms with van der Waals surface area (Å²) >= 11 is 0. The molecule has 0 atom stereocenters. The highest BCUT2D eigenvalue weighted by Crippen LogP contribution is 2.55. The van der Waals surface area contributed by atoms with Gasteiger partial charge in [-0.05, 0) is 42.5 Å². The zero-order valence-electron chi connectivity index (χ0n) is 20.5. The third-order valence-electron chi connectivity index (χ3n) is 5.73. The minimum Gasteiger partial charge on any atom is -0.493 e. The maximum Gasteiger partial charge on any atom is 0.469 e. The topological polar surface area (TPSA) is 85.9 Å². The van der Waals surface area contributed by atoms with Gasteiger partial charge in [0.15, 0.2) is 11.5 Å². The van der Waals surface area contributed by atoms with E-state index in [1.165, 1.54) is 0 Å². The number of carbonyl (C=O) groups is 2. The Morgan fingerprint density at radius 1 is 0.881 bits per heavy atom. The summed E-state index contributed by atoms with van der Waals surface area (Å²) < 4.78 is 154. The van der Waals surface area contributed by atoms with Gasteiger partial charge in [0.25, 0.3) is 5.91 Å². The maximum absolute atomic E-state index is 14.8. The number of anilines is 1. The quantitative estimate of drug-likeness (QED) is 0.288. The molecule has 1 aliphatic heterocycles. The number of urea groups is 1. The van der Waals surface area contributed by atoms with E-state index in [0.717, 1.165) is 37.4 Å². The Balaban J connectivity index is 1.52. The van der Waals surface area contributed by atoms with Gasteiger partial charge in [0.2, 0.25) is 0 Å². The second-order valence-electron chi connectivity index (χ2n) is 8.47. The molecule has 1 aliphatic rings. The van der Waals surface area contributed by atoms with Crippen LogP contribution >= 0.6 is 0 Å². The van der Waals surface area contributed by atoms with Crippen molar-refractivity contribution in [1.29, 1.82) is 0 Å². The number of methoxy groups -OCH3 is 1. The molecule has 42 heavy (non-hydrogen) atoms. The van der Waals surface area contributed by atoms with E-state index in [0.29, 0.717) is 6.07 Å². The molecule has 0 aromatic heterocycles. The largest absolute Gasteiger partial charge is 0.493 e. The van der Waals surface area contributed by atoms with Crippen molar-refractivity contribution in [3.05, 3.63) is 82.9 Å². The van der Waals surface area contributed by atoms with Crippen molar-refractivity contribution >= 4 is 17.6 Å². The number of benzene rings is 3. The zero-order valence-corrected chi connectivity index (χ0v) is 20.5. The first-order valence-corrected chi connectivity index (χ1v) is 11.2. The number of hydrogen-bond donors (Lipinski definition) is 2. The van der Waals surface area contributed by atoms with Crippen LogP contribution in [-0.4, -0.2) is 31.3 Å². The number of hydrogen-bond acceptors (Lipinski definition) is 5. The first kappa shape index (κ1) is 30.3. The SMILES string of the molecule is COc1cc(NC(=O)NC(=O)c2c(F)cccc2F)ccc1OC(F)(F)C(F)(F)c1ccc2c(c1)C(F)(F)C(F)(F)O2. The first-order valence-electron chi connectivity index (χ1n) is 11.2. The number of nitrogens with one attached hydrogen (secondary N) is 2. The fraction of sp³-hybridized carbons (Fsp3) is 0.200. The Labute approximate surface area is 228 Å². The van der Waals surface area contributed by atoms with Crippen LogP contribution in [0.25, 0.3) is 0 Å². The van der Waals surface area contributed by atoms with Crippen LogP contribution in [-0.2, 0) is 11.8 Å². The molecule has 7 nitrogen and oxygen atoms in total. The lowest BCUT2D eigenvalue weighted by Gasteiger charge is -2.27. The standard InChI is InChI=1S/C25H14F10N2O5/c1-40-18-10-12(36-21(39)37-20(38)19-14(26)3-2-4-15(19)27)6-8-17(18)42-24(32,33)22(28,29)11-5-7-16-13(9-11)23(30,31)25(34,35)41-16/h2-10H,1H3,(H2,36,37,38,39). The molecular formula is C25H14F10N2O5. The monoisotopic (exact) mass is 612 g/mol. The number of alkyl halides is 8. The Kier molecular flexibility index (Phi) is 7.41. The molecule has 3 aromatic rings. The van der Waals surface area contributed by atoms with E-state index >= 15 is 0 Å². The number of amides is 3. The highest BCUT2D eigenvalue weighted by atomic mass is 19.3. The number of halogens is 10. The molecule has 2 N–H and O–H groups in total. The molecule has 17 heteroatoms. The summed E-state index contributed by atoms with van der Waals surface area (Å²) in [4.78, 5) is 24.1. The summed E-state index contributed by atoms with van der Waals surface area (Å²) in [6, 6.07) is 3.49. The Morgan fingerprint density at radius 2 is 1.52 bits per heavy atom. The van der Waals surface area contributed by atoms with Gasteiger partial charge in [0.05, 0.1) is 12.7 Å². The van der Waals surface area contributed by atoms with Gasteiger partial charge in [-0.15, -0.1) is 0 Å². The van der Waals surface area contributed by atoms with Crippen LogP contribution in [0.2, 0.25) is 0 Å². The summed E-state index contributed by atoms with van der Waals surface area (Å²) in [5, 5.41) is 3.62. The molecule has 0 unspecified atom stereocenters. The molecule has 0 aliphatic carbocycles. The molecule has 4 rings (SSSR count). The van der Waals surface area contributed by atoms with E-state index in [-0.39, 0.29) is 23.9 Å². The van der Waals surface area contributed by atoms with Gasteiger partial charge in [-0.3, -0.25) is 10.1 Å². The molecule has 224 valence electrons. The summed E-state index contributed by atoms with van der Waals surface area (Å²) in [5.74, 6) is -17.4. The van der Waals surface area contributed by atoms with Gasteiger partial charge < -0.3 is 19.5 Å². The van der Waals surface area contributed by atoms with Crippen molar-refractivity contribution in [1.82, 2.24) is 5.32 Å². The van der Waals surface area contributed by atoms with Crippen LogP contribution in [0, 0.1) is 11.6 Å². The Bertz CT molecular complexity index is 1540. The van der Waals surface area contributed by atoms with Gasteiger partial charge in [-0.25, -0.2) is 13.6 Å². The molecule has 0 fully saturated rings.